The van der Waals surface area contributed by atoms with Crippen molar-refractivity contribution < 1.29 is 4.79 Å². The number of nitrogens with two attached hydrogens (primary N) is 3. The monoisotopic (exact) mass is 297 g/mol. The summed E-state index contributed by atoms with van der Waals surface area (Å²) in [6.07, 6.45) is 0.485. The van der Waals surface area contributed by atoms with E-state index in [1.807, 2.05) is 30.3 Å². The summed E-state index contributed by atoms with van der Waals surface area (Å²) >= 11 is 0. The summed E-state index contributed by atoms with van der Waals surface area (Å²) in [5.41, 5.74) is 18.8. The normalized spacial score (nSPS) is 11.5. The minimum Gasteiger partial charge on any atom is -0.370 e. The molecule has 0 aliphatic carbocycles. The fourth-order valence-corrected chi connectivity index (χ4v) is 1.96. The van der Waals surface area contributed by atoms with Crippen molar-refractivity contribution in [2.24, 2.45) is 22.2 Å². The van der Waals surface area contributed by atoms with Crippen LogP contribution in [0.15, 0.2) is 59.6 Å². The molecule has 0 heterocycles. The third-order valence-electron chi connectivity index (χ3n) is 3.03. The highest BCUT2D eigenvalue weighted by Gasteiger charge is 2.14. The zero-order valence-electron chi connectivity index (χ0n) is 12.1. The molecule has 0 aliphatic rings. The third-order valence-corrected chi connectivity index (χ3v) is 3.03. The van der Waals surface area contributed by atoms with Gasteiger partial charge in [-0.3, -0.25) is 4.79 Å². The molecule has 0 saturated carbocycles. The van der Waals surface area contributed by atoms with Crippen LogP contribution in [0.3, 0.4) is 0 Å². The van der Waals surface area contributed by atoms with Gasteiger partial charge in [0.1, 0.15) is 0 Å². The molecule has 0 aromatic heterocycles. The summed E-state index contributed by atoms with van der Waals surface area (Å²) < 4.78 is 0. The Kier molecular flexibility index (Phi) is 5.11. The van der Waals surface area contributed by atoms with Gasteiger partial charge in [-0.05, 0) is 36.2 Å². The van der Waals surface area contributed by atoms with Gasteiger partial charge in [-0.15, -0.1) is 0 Å². The lowest BCUT2D eigenvalue weighted by Crippen LogP contribution is -2.37. The smallest absolute Gasteiger partial charge is 0.241 e. The summed E-state index contributed by atoms with van der Waals surface area (Å²) in [5, 5.41) is 2.77. The van der Waals surface area contributed by atoms with Crippen LogP contribution in [0.5, 0.6) is 0 Å². The van der Waals surface area contributed by atoms with Gasteiger partial charge in [0.05, 0.1) is 11.7 Å². The van der Waals surface area contributed by atoms with Crippen molar-refractivity contribution in [1.29, 1.82) is 0 Å². The minimum atomic E-state index is -0.611. The molecule has 0 spiro atoms. The van der Waals surface area contributed by atoms with Gasteiger partial charge in [0, 0.05) is 5.69 Å². The average Bonchev–Trinajstić information content (AvgIpc) is 2.49. The molecule has 0 radical (unpaired) electrons. The molecule has 22 heavy (non-hydrogen) atoms. The van der Waals surface area contributed by atoms with E-state index in [1.165, 1.54) is 0 Å². The Morgan fingerprint density at radius 3 is 2.27 bits per heavy atom. The number of benzene rings is 2. The van der Waals surface area contributed by atoms with E-state index < -0.39 is 6.04 Å². The van der Waals surface area contributed by atoms with Crippen molar-refractivity contribution in [3.8, 4) is 0 Å². The number of hydrogen-bond donors (Lipinski definition) is 4. The summed E-state index contributed by atoms with van der Waals surface area (Å²) in [4.78, 5) is 16.0. The molecule has 0 unspecified atom stereocenters. The van der Waals surface area contributed by atoms with E-state index in [4.69, 9.17) is 17.2 Å². The number of anilines is 1. The lowest BCUT2D eigenvalue weighted by atomic mass is 10.1. The van der Waals surface area contributed by atoms with Gasteiger partial charge in [0.2, 0.25) is 5.91 Å². The highest BCUT2D eigenvalue weighted by Crippen LogP contribution is 2.16. The molecule has 0 bridgehead atoms. The van der Waals surface area contributed by atoms with Crippen LogP contribution in [-0.2, 0) is 11.2 Å². The first-order chi connectivity index (χ1) is 10.5. The maximum absolute atomic E-state index is 12.1. The van der Waals surface area contributed by atoms with E-state index >= 15 is 0 Å². The van der Waals surface area contributed by atoms with Crippen LogP contribution in [-0.4, -0.2) is 17.9 Å². The molecular formula is C16H19N5O. The van der Waals surface area contributed by atoms with Crippen molar-refractivity contribution in [2.45, 2.75) is 12.5 Å². The lowest BCUT2D eigenvalue weighted by Gasteiger charge is -2.12. The molecule has 114 valence electrons. The molecule has 0 aliphatic heterocycles. The predicted molar refractivity (Wildman–Crippen MR) is 88.7 cm³/mol. The van der Waals surface area contributed by atoms with E-state index in [-0.39, 0.29) is 11.9 Å². The Morgan fingerprint density at radius 1 is 1.05 bits per heavy atom. The summed E-state index contributed by atoms with van der Waals surface area (Å²) in [7, 11) is 0. The van der Waals surface area contributed by atoms with Gasteiger partial charge in [-0.1, -0.05) is 30.3 Å². The zero-order chi connectivity index (χ0) is 15.9. The van der Waals surface area contributed by atoms with Crippen molar-refractivity contribution in [1.82, 2.24) is 0 Å². The number of nitrogens with zero attached hydrogens (tertiary/aromatic N) is 1. The van der Waals surface area contributed by atoms with Crippen molar-refractivity contribution in [3.63, 3.8) is 0 Å². The second-order valence-corrected chi connectivity index (χ2v) is 4.87. The van der Waals surface area contributed by atoms with Crippen molar-refractivity contribution >= 4 is 23.2 Å². The van der Waals surface area contributed by atoms with E-state index in [0.717, 1.165) is 5.56 Å². The number of amides is 1. The maximum Gasteiger partial charge on any atom is 0.241 e. The van der Waals surface area contributed by atoms with Gasteiger partial charge < -0.3 is 22.5 Å². The van der Waals surface area contributed by atoms with Crippen molar-refractivity contribution in [3.05, 3.63) is 60.2 Å². The van der Waals surface area contributed by atoms with Crippen LogP contribution in [0, 0.1) is 0 Å². The second kappa shape index (κ2) is 7.24. The van der Waals surface area contributed by atoms with E-state index in [0.29, 0.717) is 17.8 Å². The summed E-state index contributed by atoms with van der Waals surface area (Å²) in [6, 6.07) is 15.9. The topological polar surface area (TPSA) is 120 Å². The highest BCUT2D eigenvalue weighted by atomic mass is 16.2. The summed E-state index contributed by atoms with van der Waals surface area (Å²) in [6.45, 7) is 0. The number of hydrogen-bond acceptors (Lipinski definition) is 3. The minimum absolute atomic E-state index is 0.0123. The zero-order valence-corrected chi connectivity index (χ0v) is 12.1. The first kappa shape index (κ1) is 15.5. The molecule has 7 N–H and O–H groups in total. The Morgan fingerprint density at radius 2 is 1.68 bits per heavy atom. The van der Waals surface area contributed by atoms with Crippen LogP contribution >= 0.6 is 0 Å². The van der Waals surface area contributed by atoms with Gasteiger partial charge >= 0.3 is 0 Å². The molecule has 1 amide bonds. The molecule has 2 aromatic rings. The quantitative estimate of drug-likeness (QED) is 0.488. The predicted octanol–water partition coefficient (Wildman–Crippen LogP) is 1.10. The van der Waals surface area contributed by atoms with Gasteiger partial charge in [-0.25, -0.2) is 4.99 Å². The largest absolute Gasteiger partial charge is 0.370 e. The molecule has 0 saturated heterocycles. The molecule has 6 nitrogen and oxygen atoms in total. The standard InChI is InChI=1S/C16H19N5O/c17-14(10-11-4-2-1-3-5-11)15(22)20-12-6-8-13(9-7-12)21-16(18)19/h1-9,14H,10,17H2,(H,20,22)(H4,18,19,21)/t14-/m0/s1. The van der Waals surface area contributed by atoms with E-state index in [9.17, 15) is 4.79 Å². The third kappa shape index (κ3) is 4.60. The van der Waals surface area contributed by atoms with Gasteiger partial charge in [-0.2, -0.15) is 0 Å². The van der Waals surface area contributed by atoms with E-state index in [1.54, 1.807) is 24.3 Å². The molecule has 2 rings (SSSR count). The average molecular weight is 297 g/mol. The number of nitrogens with one attached hydrogen (secondary N) is 1. The van der Waals surface area contributed by atoms with Crippen LogP contribution in [0.4, 0.5) is 11.4 Å². The fourth-order valence-electron chi connectivity index (χ4n) is 1.96. The number of rotatable bonds is 5. The molecule has 2 aromatic carbocycles. The van der Waals surface area contributed by atoms with Crippen molar-refractivity contribution in [2.75, 3.05) is 5.32 Å². The first-order valence-electron chi connectivity index (χ1n) is 6.84. The highest BCUT2D eigenvalue weighted by molar-refractivity contribution is 5.95. The summed E-state index contributed by atoms with van der Waals surface area (Å²) in [5.74, 6) is -0.250. The van der Waals surface area contributed by atoms with Crippen LogP contribution in [0.1, 0.15) is 5.56 Å². The lowest BCUT2D eigenvalue weighted by molar-refractivity contribution is -0.117. The SMILES string of the molecule is NC(N)=Nc1ccc(NC(=O)[C@@H](N)Cc2ccccc2)cc1. The number of guanidine groups is 1. The second-order valence-electron chi connectivity index (χ2n) is 4.87. The first-order valence-corrected chi connectivity index (χ1v) is 6.84. The fraction of sp³-hybridized carbons (Fsp3) is 0.125. The van der Waals surface area contributed by atoms with E-state index in [2.05, 4.69) is 10.3 Å². The van der Waals surface area contributed by atoms with Crippen LogP contribution < -0.4 is 22.5 Å². The Labute approximate surface area is 129 Å². The van der Waals surface area contributed by atoms with Crippen LogP contribution in [0.25, 0.3) is 0 Å². The van der Waals surface area contributed by atoms with Gasteiger partial charge in [0.25, 0.3) is 0 Å². The Balaban J connectivity index is 1.95. The molecule has 6 heteroatoms. The van der Waals surface area contributed by atoms with Gasteiger partial charge in [0.15, 0.2) is 5.96 Å². The van der Waals surface area contributed by atoms with Crippen LogP contribution in [0.2, 0.25) is 0 Å². The molecule has 0 fully saturated rings. The number of carbonyl (C=O) groups is 1. The Bertz CT molecular complexity index is 648. The maximum atomic E-state index is 12.1. The number of carbonyl (C=O) groups excluding carboxylic acids is 1. The Hall–Kier alpha value is -2.86. The number of aliphatic imine (C=N–C) groups is 1. The molecule has 1 atom stereocenters. The molecular weight excluding hydrogens is 278 g/mol.